The summed E-state index contributed by atoms with van der Waals surface area (Å²) in [7, 11) is 1.83. The molecule has 1 aliphatic rings. The number of esters is 1. The summed E-state index contributed by atoms with van der Waals surface area (Å²) in [6.07, 6.45) is 1.55. The van der Waals surface area contributed by atoms with Gasteiger partial charge in [-0.25, -0.2) is 0 Å². The molecule has 1 heterocycles. The molecule has 2 rings (SSSR count). The summed E-state index contributed by atoms with van der Waals surface area (Å²) >= 11 is 0. The van der Waals surface area contributed by atoms with Gasteiger partial charge < -0.3 is 15.4 Å². The number of benzene rings is 1. The third kappa shape index (κ3) is 2.89. The Morgan fingerprint density at radius 2 is 2.00 bits per heavy atom. The van der Waals surface area contributed by atoms with Gasteiger partial charge in [0.2, 0.25) is 0 Å². The van der Waals surface area contributed by atoms with Gasteiger partial charge >= 0.3 is 5.97 Å². The molecule has 0 atom stereocenters. The van der Waals surface area contributed by atoms with Crippen LogP contribution in [0.15, 0.2) is 30.3 Å². The van der Waals surface area contributed by atoms with Gasteiger partial charge in [-0.1, -0.05) is 30.3 Å². The van der Waals surface area contributed by atoms with Gasteiger partial charge in [-0.2, -0.15) is 0 Å². The molecule has 1 aromatic rings. The second-order valence-corrected chi connectivity index (χ2v) is 4.64. The summed E-state index contributed by atoms with van der Waals surface area (Å²) in [5.74, 6) is -0.143. The summed E-state index contributed by atoms with van der Waals surface area (Å²) in [4.78, 5) is 12.2. The molecule has 0 spiro atoms. The number of carbonyl (C=O) groups is 1. The van der Waals surface area contributed by atoms with Crippen LogP contribution in [0.3, 0.4) is 0 Å². The molecule has 0 saturated carbocycles. The third-order valence-corrected chi connectivity index (χ3v) is 3.54. The normalized spacial score (nSPS) is 18.3. The Bertz CT molecular complexity index is 386. The fourth-order valence-corrected chi connectivity index (χ4v) is 2.27. The number of ether oxygens (including phenoxy) is 1. The van der Waals surface area contributed by atoms with Gasteiger partial charge in [-0.3, -0.25) is 4.79 Å². The summed E-state index contributed by atoms with van der Waals surface area (Å²) in [6, 6.07) is 9.76. The minimum absolute atomic E-state index is 0.143. The van der Waals surface area contributed by atoms with E-state index < -0.39 is 5.54 Å². The first-order valence-corrected chi connectivity index (χ1v) is 6.38. The van der Waals surface area contributed by atoms with E-state index in [2.05, 4.69) is 10.6 Å². The van der Waals surface area contributed by atoms with Crippen LogP contribution in [0.2, 0.25) is 0 Å². The molecular formula is C14H20N2O2. The lowest BCUT2D eigenvalue weighted by molar-refractivity contribution is -0.154. The molecule has 0 aliphatic carbocycles. The number of piperidine rings is 1. The molecule has 0 amide bonds. The molecule has 4 nitrogen and oxygen atoms in total. The maximum absolute atomic E-state index is 12.2. The molecule has 1 aliphatic heterocycles. The molecule has 98 valence electrons. The second-order valence-electron chi connectivity index (χ2n) is 4.64. The largest absolute Gasteiger partial charge is 0.459 e. The zero-order valence-corrected chi connectivity index (χ0v) is 10.7. The van der Waals surface area contributed by atoms with E-state index in [1.807, 2.05) is 37.4 Å². The highest BCUT2D eigenvalue weighted by Crippen LogP contribution is 2.20. The molecule has 0 aromatic heterocycles. The van der Waals surface area contributed by atoms with Crippen LogP contribution in [-0.2, 0) is 16.1 Å². The first-order valence-electron chi connectivity index (χ1n) is 6.38. The Labute approximate surface area is 108 Å². The third-order valence-electron chi connectivity index (χ3n) is 3.54. The molecule has 0 bridgehead atoms. The first kappa shape index (κ1) is 13.1. The maximum Gasteiger partial charge on any atom is 0.326 e. The lowest BCUT2D eigenvalue weighted by atomic mass is 9.88. The highest BCUT2D eigenvalue weighted by atomic mass is 16.5. The van der Waals surface area contributed by atoms with E-state index in [4.69, 9.17) is 4.74 Å². The lowest BCUT2D eigenvalue weighted by Crippen LogP contribution is -2.57. The summed E-state index contributed by atoms with van der Waals surface area (Å²) < 4.78 is 5.43. The molecule has 1 saturated heterocycles. The number of hydrogen-bond acceptors (Lipinski definition) is 4. The van der Waals surface area contributed by atoms with E-state index in [1.54, 1.807) is 0 Å². The molecule has 2 N–H and O–H groups in total. The van der Waals surface area contributed by atoms with E-state index in [0.29, 0.717) is 6.61 Å². The number of nitrogens with one attached hydrogen (secondary N) is 2. The van der Waals surface area contributed by atoms with E-state index in [-0.39, 0.29) is 5.97 Å². The zero-order chi connectivity index (χ0) is 12.8. The second kappa shape index (κ2) is 5.98. The molecule has 1 aromatic carbocycles. The number of rotatable bonds is 4. The van der Waals surface area contributed by atoms with Crippen molar-refractivity contribution in [3.8, 4) is 0 Å². The van der Waals surface area contributed by atoms with Crippen LogP contribution in [0.25, 0.3) is 0 Å². The predicted octanol–water partition coefficient (Wildman–Crippen LogP) is 1.07. The van der Waals surface area contributed by atoms with Gasteiger partial charge in [0.15, 0.2) is 0 Å². The standard InChI is InChI=1S/C14H20N2O2/c1-15-14(7-9-16-10-8-14)13(17)18-11-12-5-3-2-4-6-12/h2-6,15-16H,7-11H2,1H3. The molecule has 0 radical (unpaired) electrons. The van der Waals surface area contributed by atoms with Crippen LogP contribution < -0.4 is 10.6 Å². The summed E-state index contributed by atoms with van der Waals surface area (Å²) in [5.41, 5.74) is 0.506. The van der Waals surface area contributed by atoms with E-state index >= 15 is 0 Å². The minimum atomic E-state index is -0.514. The average Bonchev–Trinajstić information content (AvgIpc) is 2.46. The van der Waals surface area contributed by atoms with Crippen LogP contribution in [-0.4, -0.2) is 31.6 Å². The van der Waals surface area contributed by atoms with Gasteiger partial charge in [-0.15, -0.1) is 0 Å². The Kier molecular flexibility index (Phi) is 4.33. The zero-order valence-electron chi connectivity index (χ0n) is 10.7. The van der Waals surface area contributed by atoms with Gasteiger partial charge in [0.1, 0.15) is 12.1 Å². The molecule has 18 heavy (non-hydrogen) atoms. The van der Waals surface area contributed by atoms with Crippen molar-refractivity contribution in [3.05, 3.63) is 35.9 Å². The van der Waals surface area contributed by atoms with Crippen LogP contribution >= 0.6 is 0 Å². The van der Waals surface area contributed by atoms with Crippen molar-refractivity contribution in [3.63, 3.8) is 0 Å². The van der Waals surface area contributed by atoms with Crippen molar-refractivity contribution < 1.29 is 9.53 Å². The van der Waals surface area contributed by atoms with Crippen molar-refractivity contribution in [2.75, 3.05) is 20.1 Å². The quantitative estimate of drug-likeness (QED) is 0.783. The lowest BCUT2D eigenvalue weighted by Gasteiger charge is -2.34. The van der Waals surface area contributed by atoms with E-state index in [1.165, 1.54) is 0 Å². The predicted molar refractivity (Wildman–Crippen MR) is 70.1 cm³/mol. The fourth-order valence-electron chi connectivity index (χ4n) is 2.27. The van der Waals surface area contributed by atoms with Gasteiger partial charge in [0.25, 0.3) is 0 Å². The SMILES string of the molecule is CNC1(C(=O)OCc2ccccc2)CCNCC1. The fraction of sp³-hybridized carbons (Fsp3) is 0.500. The average molecular weight is 248 g/mol. The van der Waals surface area contributed by atoms with Crippen molar-refractivity contribution in [2.45, 2.75) is 25.0 Å². The Morgan fingerprint density at radius 3 is 2.61 bits per heavy atom. The van der Waals surface area contributed by atoms with E-state index in [9.17, 15) is 4.79 Å². The highest BCUT2D eigenvalue weighted by Gasteiger charge is 2.39. The van der Waals surface area contributed by atoms with Crippen molar-refractivity contribution >= 4 is 5.97 Å². The summed E-state index contributed by atoms with van der Waals surface area (Å²) in [6.45, 7) is 2.04. The number of hydrogen-bond donors (Lipinski definition) is 2. The Hall–Kier alpha value is -1.39. The van der Waals surface area contributed by atoms with Gasteiger partial charge in [0, 0.05) is 0 Å². The number of carbonyl (C=O) groups excluding carboxylic acids is 1. The monoisotopic (exact) mass is 248 g/mol. The van der Waals surface area contributed by atoms with Crippen molar-refractivity contribution in [1.29, 1.82) is 0 Å². The van der Waals surface area contributed by atoms with Crippen LogP contribution in [0, 0.1) is 0 Å². The van der Waals surface area contributed by atoms with Crippen LogP contribution in [0.1, 0.15) is 18.4 Å². The van der Waals surface area contributed by atoms with Crippen molar-refractivity contribution in [2.24, 2.45) is 0 Å². The van der Waals surface area contributed by atoms with Crippen LogP contribution in [0.5, 0.6) is 0 Å². The maximum atomic E-state index is 12.2. The van der Waals surface area contributed by atoms with E-state index in [0.717, 1.165) is 31.5 Å². The Balaban J connectivity index is 1.94. The van der Waals surface area contributed by atoms with Crippen molar-refractivity contribution in [1.82, 2.24) is 10.6 Å². The highest BCUT2D eigenvalue weighted by molar-refractivity contribution is 5.81. The molecule has 1 fully saturated rings. The Morgan fingerprint density at radius 1 is 1.33 bits per heavy atom. The topological polar surface area (TPSA) is 50.4 Å². The smallest absolute Gasteiger partial charge is 0.326 e. The van der Waals surface area contributed by atoms with Crippen LogP contribution in [0.4, 0.5) is 0 Å². The first-order chi connectivity index (χ1) is 8.77. The van der Waals surface area contributed by atoms with Gasteiger partial charge in [-0.05, 0) is 38.5 Å². The molecular weight excluding hydrogens is 228 g/mol. The van der Waals surface area contributed by atoms with Gasteiger partial charge in [0.05, 0.1) is 0 Å². The number of likely N-dealkylation sites (N-methyl/N-ethyl adjacent to an activating group) is 1. The minimum Gasteiger partial charge on any atom is -0.459 e. The molecule has 4 heteroatoms. The molecule has 0 unspecified atom stereocenters. The summed E-state index contributed by atoms with van der Waals surface area (Å²) in [5, 5.41) is 6.39.